The van der Waals surface area contributed by atoms with Crippen LogP contribution in [0.5, 0.6) is 11.5 Å². The molecule has 1 amide bonds. The molecule has 0 fully saturated rings. The van der Waals surface area contributed by atoms with E-state index >= 15 is 0 Å². The Morgan fingerprint density at radius 2 is 1.90 bits per heavy atom. The van der Waals surface area contributed by atoms with Crippen molar-refractivity contribution in [3.63, 3.8) is 0 Å². The average molecular weight is 271 g/mol. The number of rotatable bonds is 4. The average Bonchev–Trinajstić information content (AvgIpc) is 2.46. The summed E-state index contributed by atoms with van der Waals surface area (Å²) in [6.45, 7) is 0. The van der Waals surface area contributed by atoms with E-state index in [1.807, 2.05) is 30.3 Å². The third-order valence-electron chi connectivity index (χ3n) is 3.10. The first-order chi connectivity index (χ1) is 9.60. The largest absolute Gasteiger partial charge is 0.508 e. The van der Waals surface area contributed by atoms with Crippen molar-refractivity contribution >= 4 is 11.6 Å². The molecule has 4 heteroatoms. The topological polar surface area (TPSA) is 49.8 Å². The van der Waals surface area contributed by atoms with Crippen molar-refractivity contribution in [1.29, 1.82) is 0 Å². The monoisotopic (exact) mass is 271 g/mol. The number of phenolic OH excluding ortho intramolecular Hbond substituents is 1. The summed E-state index contributed by atoms with van der Waals surface area (Å²) in [6.07, 6.45) is 0.247. The molecule has 2 rings (SSSR count). The van der Waals surface area contributed by atoms with Gasteiger partial charge in [0, 0.05) is 12.7 Å². The second-order valence-corrected chi connectivity index (χ2v) is 4.50. The van der Waals surface area contributed by atoms with Gasteiger partial charge >= 0.3 is 0 Å². The molecule has 0 aliphatic carbocycles. The van der Waals surface area contributed by atoms with E-state index in [2.05, 4.69) is 0 Å². The highest BCUT2D eigenvalue weighted by molar-refractivity contribution is 5.94. The predicted molar refractivity (Wildman–Crippen MR) is 78.2 cm³/mol. The minimum absolute atomic E-state index is 0.0410. The molecule has 0 aliphatic heterocycles. The Balaban J connectivity index is 2.07. The first-order valence-corrected chi connectivity index (χ1v) is 6.28. The van der Waals surface area contributed by atoms with Crippen LogP contribution >= 0.6 is 0 Å². The SMILES string of the molecule is COc1ccc(N(C)C(=O)Cc2cccc(O)c2)cc1. The van der Waals surface area contributed by atoms with E-state index in [4.69, 9.17) is 4.74 Å². The number of benzene rings is 2. The number of aromatic hydroxyl groups is 1. The third kappa shape index (κ3) is 3.29. The fraction of sp³-hybridized carbons (Fsp3) is 0.188. The Hall–Kier alpha value is -2.49. The minimum Gasteiger partial charge on any atom is -0.508 e. The van der Waals surface area contributed by atoms with E-state index in [9.17, 15) is 9.90 Å². The molecule has 0 spiro atoms. The molecule has 0 heterocycles. The van der Waals surface area contributed by atoms with Crippen LogP contribution < -0.4 is 9.64 Å². The van der Waals surface area contributed by atoms with Crippen molar-refractivity contribution in [1.82, 2.24) is 0 Å². The van der Waals surface area contributed by atoms with Crippen molar-refractivity contribution in [3.05, 3.63) is 54.1 Å². The van der Waals surface area contributed by atoms with Gasteiger partial charge in [-0.15, -0.1) is 0 Å². The van der Waals surface area contributed by atoms with Gasteiger partial charge in [0.2, 0.25) is 5.91 Å². The minimum atomic E-state index is -0.0410. The van der Waals surface area contributed by atoms with Crippen LogP contribution in [0.15, 0.2) is 48.5 Å². The Morgan fingerprint density at radius 3 is 2.50 bits per heavy atom. The van der Waals surface area contributed by atoms with Gasteiger partial charge < -0.3 is 14.7 Å². The normalized spacial score (nSPS) is 10.1. The Labute approximate surface area is 118 Å². The predicted octanol–water partition coefficient (Wildman–Crippen LogP) is 2.61. The molecule has 0 saturated heterocycles. The summed E-state index contributed by atoms with van der Waals surface area (Å²) in [5, 5.41) is 9.40. The number of hydrogen-bond acceptors (Lipinski definition) is 3. The molecule has 104 valence electrons. The molecule has 0 radical (unpaired) electrons. The van der Waals surface area contributed by atoms with Crippen LogP contribution in [0.25, 0.3) is 0 Å². The summed E-state index contributed by atoms with van der Waals surface area (Å²) in [7, 11) is 3.33. The molecular formula is C16H17NO3. The Kier molecular flexibility index (Phi) is 4.25. The lowest BCUT2D eigenvalue weighted by Crippen LogP contribution is -2.27. The molecule has 0 aliphatic rings. The second-order valence-electron chi connectivity index (χ2n) is 4.50. The molecule has 0 unspecified atom stereocenters. The highest BCUT2D eigenvalue weighted by atomic mass is 16.5. The lowest BCUT2D eigenvalue weighted by molar-refractivity contribution is -0.117. The molecule has 2 aromatic carbocycles. The molecule has 1 N–H and O–H groups in total. The van der Waals surface area contributed by atoms with Crippen molar-refractivity contribution in [2.45, 2.75) is 6.42 Å². The van der Waals surface area contributed by atoms with Crippen LogP contribution in [0.4, 0.5) is 5.69 Å². The van der Waals surface area contributed by atoms with E-state index < -0.39 is 0 Å². The maximum atomic E-state index is 12.2. The Morgan fingerprint density at radius 1 is 1.20 bits per heavy atom. The fourth-order valence-electron chi connectivity index (χ4n) is 1.91. The van der Waals surface area contributed by atoms with Crippen molar-refractivity contribution in [2.24, 2.45) is 0 Å². The molecular weight excluding hydrogens is 254 g/mol. The van der Waals surface area contributed by atoms with Gasteiger partial charge in [-0.05, 0) is 42.0 Å². The zero-order chi connectivity index (χ0) is 14.5. The van der Waals surface area contributed by atoms with Gasteiger partial charge in [0.1, 0.15) is 11.5 Å². The lowest BCUT2D eigenvalue weighted by Gasteiger charge is -2.17. The highest BCUT2D eigenvalue weighted by Gasteiger charge is 2.12. The number of hydrogen-bond donors (Lipinski definition) is 1. The number of phenols is 1. The van der Waals surface area contributed by atoms with E-state index in [-0.39, 0.29) is 18.1 Å². The maximum Gasteiger partial charge on any atom is 0.231 e. The second kappa shape index (κ2) is 6.10. The molecule has 2 aromatic rings. The van der Waals surface area contributed by atoms with Crippen LogP contribution in [-0.4, -0.2) is 25.2 Å². The van der Waals surface area contributed by atoms with Crippen molar-refractivity contribution in [3.8, 4) is 11.5 Å². The molecule has 0 bridgehead atoms. The zero-order valence-corrected chi connectivity index (χ0v) is 11.5. The van der Waals surface area contributed by atoms with E-state index in [1.54, 1.807) is 37.3 Å². The van der Waals surface area contributed by atoms with Crippen LogP contribution in [0.1, 0.15) is 5.56 Å². The van der Waals surface area contributed by atoms with Gasteiger partial charge in [0.25, 0.3) is 0 Å². The maximum absolute atomic E-state index is 12.2. The van der Waals surface area contributed by atoms with Gasteiger partial charge in [-0.2, -0.15) is 0 Å². The molecule has 0 saturated carbocycles. The van der Waals surface area contributed by atoms with Crippen LogP contribution in [0.2, 0.25) is 0 Å². The number of methoxy groups -OCH3 is 1. The van der Waals surface area contributed by atoms with Crippen LogP contribution in [0, 0.1) is 0 Å². The first kappa shape index (κ1) is 13.9. The fourth-order valence-corrected chi connectivity index (χ4v) is 1.91. The summed E-state index contributed by atoms with van der Waals surface area (Å²) >= 11 is 0. The summed E-state index contributed by atoms with van der Waals surface area (Å²) in [5.74, 6) is 0.880. The summed E-state index contributed by atoms with van der Waals surface area (Å²) < 4.78 is 5.09. The number of anilines is 1. The molecule has 4 nitrogen and oxygen atoms in total. The number of amides is 1. The van der Waals surface area contributed by atoms with Gasteiger partial charge in [-0.25, -0.2) is 0 Å². The van der Waals surface area contributed by atoms with Crippen LogP contribution in [0.3, 0.4) is 0 Å². The number of carbonyl (C=O) groups is 1. The van der Waals surface area contributed by atoms with E-state index in [1.165, 1.54) is 0 Å². The number of nitrogens with zero attached hydrogens (tertiary/aromatic N) is 1. The number of ether oxygens (including phenoxy) is 1. The van der Waals surface area contributed by atoms with E-state index in [0.29, 0.717) is 0 Å². The number of likely N-dealkylation sites (N-methyl/N-ethyl adjacent to an activating group) is 1. The van der Waals surface area contributed by atoms with Gasteiger partial charge in [0.15, 0.2) is 0 Å². The van der Waals surface area contributed by atoms with Crippen molar-refractivity contribution < 1.29 is 14.6 Å². The molecule has 0 atom stereocenters. The summed E-state index contributed by atoms with van der Waals surface area (Å²) in [6, 6.07) is 14.0. The lowest BCUT2D eigenvalue weighted by atomic mass is 10.1. The van der Waals surface area contributed by atoms with E-state index in [0.717, 1.165) is 17.0 Å². The van der Waals surface area contributed by atoms with Gasteiger partial charge in [0.05, 0.1) is 13.5 Å². The van der Waals surface area contributed by atoms with Crippen LogP contribution in [-0.2, 0) is 11.2 Å². The smallest absolute Gasteiger partial charge is 0.231 e. The summed E-state index contributed by atoms with van der Waals surface area (Å²) in [5.41, 5.74) is 1.59. The van der Waals surface area contributed by atoms with Gasteiger partial charge in [-0.1, -0.05) is 12.1 Å². The standard InChI is InChI=1S/C16H17NO3/c1-17(13-6-8-15(20-2)9-7-13)16(19)11-12-4-3-5-14(18)10-12/h3-10,18H,11H2,1-2H3. The van der Waals surface area contributed by atoms with Crippen molar-refractivity contribution in [2.75, 3.05) is 19.1 Å². The Bertz CT molecular complexity index is 593. The number of carbonyl (C=O) groups excluding carboxylic acids is 1. The first-order valence-electron chi connectivity index (χ1n) is 6.28. The molecule has 0 aromatic heterocycles. The van der Waals surface area contributed by atoms with Gasteiger partial charge in [-0.3, -0.25) is 4.79 Å². The zero-order valence-electron chi connectivity index (χ0n) is 11.5. The third-order valence-corrected chi connectivity index (χ3v) is 3.10. The quantitative estimate of drug-likeness (QED) is 0.930. The highest BCUT2D eigenvalue weighted by Crippen LogP contribution is 2.19. The summed E-state index contributed by atoms with van der Waals surface area (Å²) in [4.78, 5) is 13.8. The molecule has 20 heavy (non-hydrogen) atoms.